The fourth-order valence-electron chi connectivity index (χ4n) is 1.78. The predicted molar refractivity (Wildman–Crippen MR) is 87.3 cm³/mol. The van der Waals surface area contributed by atoms with E-state index in [-0.39, 0.29) is 30.2 Å². The Labute approximate surface area is 147 Å². The Kier molecular flexibility index (Phi) is 7.12. The predicted octanol–water partition coefficient (Wildman–Crippen LogP) is 2.64. The summed E-state index contributed by atoms with van der Waals surface area (Å²) in [5.74, 6) is -2.22. The average Bonchev–Trinajstić information content (AvgIpc) is 2.56. The summed E-state index contributed by atoms with van der Waals surface area (Å²) in [6, 6.07) is 4.83. The van der Waals surface area contributed by atoms with Crippen LogP contribution in [0.3, 0.4) is 0 Å². The van der Waals surface area contributed by atoms with Crippen LogP contribution in [0.5, 0.6) is 0 Å². The van der Waals surface area contributed by atoms with Gasteiger partial charge in [-0.25, -0.2) is 9.59 Å². The molecule has 0 spiro atoms. The van der Waals surface area contributed by atoms with Crippen LogP contribution in [0.1, 0.15) is 19.4 Å². The Morgan fingerprint density at radius 2 is 1.62 bits per heavy atom. The molecule has 0 bridgehead atoms. The summed E-state index contributed by atoms with van der Waals surface area (Å²) in [5.41, 5.74) is -0.413. The van der Waals surface area contributed by atoms with Gasteiger partial charge in [-0.3, -0.25) is 10.1 Å². The van der Waals surface area contributed by atoms with Crippen LogP contribution in [0.2, 0.25) is 0 Å². The molecule has 0 aliphatic carbocycles. The third-order valence-corrected chi connectivity index (χ3v) is 3.53. The van der Waals surface area contributed by atoms with Crippen LogP contribution in [0.4, 0.5) is 5.69 Å². The molecule has 24 heavy (non-hydrogen) atoms. The molecule has 0 unspecified atom stereocenters. The molecular weight excluding hydrogens is 363 g/mol. The molecule has 0 radical (unpaired) electrons. The van der Waals surface area contributed by atoms with Crippen LogP contribution in [0, 0.1) is 10.1 Å². The molecule has 0 aromatic heterocycles. The topological polar surface area (TPSA) is 108 Å². The first kappa shape index (κ1) is 19.9. The number of ether oxygens (including phenoxy) is 2. The number of alkyl halides is 1. The lowest BCUT2D eigenvalue weighted by Crippen LogP contribution is -2.51. The number of nitro benzene ring substituents is 1. The van der Waals surface area contributed by atoms with Crippen molar-refractivity contribution in [2.24, 2.45) is 4.51 Å². The molecule has 1 aromatic carbocycles. The molecule has 130 valence electrons. The van der Waals surface area contributed by atoms with Crippen molar-refractivity contribution in [3.8, 4) is 0 Å². The number of benzene rings is 1. The molecule has 0 amide bonds. The van der Waals surface area contributed by atoms with Gasteiger partial charge in [0, 0.05) is 29.5 Å². The van der Waals surface area contributed by atoms with Gasteiger partial charge in [-0.2, -0.15) is 4.51 Å². The Bertz CT molecular complexity index is 642. The smallest absolute Gasteiger partial charge is 0.345 e. The lowest BCUT2D eigenvalue weighted by atomic mass is 9.95. The molecule has 0 atom stereocenters. The Hall–Kier alpha value is -2.19. The van der Waals surface area contributed by atoms with Crippen LogP contribution in [0.25, 0.3) is 0 Å². The fourth-order valence-corrected chi connectivity index (χ4v) is 2.31. The highest BCUT2D eigenvalue weighted by Gasteiger charge is 2.53. The van der Waals surface area contributed by atoms with Gasteiger partial charge in [0.15, 0.2) is 0 Å². The van der Waals surface area contributed by atoms with Crippen molar-refractivity contribution < 1.29 is 24.0 Å². The first-order valence-corrected chi connectivity index (χ1v) is 7.52. The molecule has 0 aliphatic heterocycles. The summed E-state index contributed by atoms with van der Waals surface area (Å²) in [5, 5.41) is 10.7. The number of nitro groups is 1. The van der Waals surface area contributed by atoms with Crippen molar-refractivity contribution in [3.05, 3.63) is 39.9 Å². The van der Waals surface area contributed by atoms with Crippen LogP contribution < -0.4 is 0 Å². The van der Waals surface area contributed by atoms with Gasteiger partial charge in [0.1, 0.15) is 5.71 Å². The number of hydrogen-bond acceptors (Lipinski definition) is 7. The summed E-state index contributed by atoms with van der Waals surface area (Å²) in [4.78, 5) is 32.1. The van der Waals surface area contributed by atoms with Crippen molar-refractivity contribution in [1.29, 1.82) is 0 Å². The number of hydrogen-bond donors (Lipinski definition) is 0. The zero-order valence-corrected chi connectivity index (χ0v) is 14.3. The maximum absolute atomic E-state index is 12.2. The Balaban J connectivity index is 3.39. The summed E-state index contributed by atoms with van der Waals surface area (Å²) in [6.45, 7) is 2.98. The highest BCUT2D eigenvalue weighted by molar-refractivity contribution is 6.59. The van der Waals surface area contributed by atoms with E-state index in [1.807, 2.05) is 0 Å². The monoisotopic (exact) mass is 376 g/mol. The first-order chi connectivity index (χ1) is 11.3. The number of rotatable bonds is 7. The summed E-state index contributed by atoms with van der Waals surface area (Å²) < 4.78 is 13.0. The Morgan fingerprint density at radius 1 is 1.17 bits per heavy atom. The molecule has 0 aliphatic rings. The van der Waals surface area contributed by atoms with Gasteiger partial charge in [-0.15, -0.1) is 0 Å². The van der Waals surface area contributed by atoms with Crippen LogP contribution in [-0.4, -0.2) is 40.7 Å². The maximum atomic E-state index is 12.2. The molecule has 8 nitrogen and oxygen atoms in total. The second-order valence-electron chi connectivity index (χ2n) is 4.34. The molecule has 0 saturated heterocycles. The number of esters is 2. The molecule has 10 heteroatoms. The number of carbonyl (C=O) groups is 2. The molecule has 0 saturated carbocycles. The Morgan fingerprint density at radius 3 is 1.96 bits per heavy atom. The zero-order valence-electron chi connectivity index (χ0n) is 12.8. The molecule has 0 N–H and O–H groups in total. The molecule has 0 fully saturated rings. The van der Waals surface area contributed by atoms with Gasteiger partial charge in [-0.1, -0.05) is 11.6 Å². The van der Waals surface area contributed by atoms with Crippen molar-refractivity contribution in [1.82, 2.24) is 0 Å². The van der Waals surface area contributed by atoms with E-state index in [1.165, 1.54) is 26.0 Å². The van der Waals surface area contributed by atoms with Gasteiger partial charge < -0.3 is 9.47 Å². The van der Waals surface area contributed by atoms with Gasteiger partial charge in [0.05, 0.1) is 18.1 Å². The van der Waals surface area contributed by atoms with E-state index >= 15 is 0 Å². The first-order valence-electron chi connectivity index (χ1n) is 6.80. The van der Waals surface area contributed by atoms with Gasteiger partial charge >= 0.3 is 11.9 Å². The standard InChI is InChI=1S/C14H14Cl2N2O6/c1-3-23-12(19)14(15,13(20)24-4-2)11(17-16)9-5-7-10(8-6-9)18(21)22/h5-8H,3-4H2,1-2H3/b17-11+. The number of halogens is 2. The summed E-state index contributed by atoms with van der Waals surface area (Å²) in [7, 11) is 0. The molecule has 1 aromatic rings. The fraction of sp³-hybridized carbons (Fsp3) is 0.357. The van der Waals surface area contributed by atoms with Gasteiger partial charge in [0.25, 0.3) is 10.6 Å². The lowest BCUT2D eigenvalue weighted by Gasteiger charge is -2.23. The van der Waals surface area contributed by atoms with E-state index in [2.05, 4.69) is 4.51 Å². The molecule has 1 rings (SSSR count). The van der Waals surface area contributed by atoms with Gasteiger partial charge in [0.2, 0.25) is 0 Å². The minimum atomic E-state index is -2.43. The number of carbonyl (C=O) groups excluding carboxylic acids is 2. The van der Waals surface area contributed by atoms with Gasteiger partial charge in [-0.05, 0) is 26.0 Å². The van der Waals surface area contributed by atoms with E-state index in [0.717, 1.165) is 12.1 Å². The lowest BCUT2D eigenvalue weighted by molar-refractivity contribution is -0.384. The van der Waals surface area contributed by atoms with Crippen molar-refractivity contribution >= 4 is 46.7 Å². The van der Waals surface area contributed by atoms with E-state index in [0.29, 0.717) is 0 Å². The summed E-state index contributed by atoms with van der Waals surface area (Å²) in [6.07, 6.45) is 0. The van der Waals surface area contributed by atoms with Crippen molar-refractivity contribution in [2.45, 2.75) is 18.7 Å². The second-order valence-corrected chi connectivity index (χ2v) is 5.07. The van der Waals surface area contributed by atoms with E-state index < -0.39 is 21.7 Å². The quantitative estimate of drug-likeness (QED) is 0.181. The van der Waals surface area contributed by atoms with E-state index in [9.17, 15) is 19.7 Å². The molecule has 0 heterocycles. The summed E-state index contributed by atoms with van der Waals surface area (Å²) >= 11 is 11.7. The maximum Gasteiger partial charge on any atom is 0.345 e. The second kappa shape index (κ2) is 8.60. The molecular formula is C14H14Cl2N2O6. The highest BCUT2D eigenvalue weighted by Crippen LogP contribution is 2.28. The van der Waals surface area contributed by atoms with E-state index in [4.69, 9.17) is 32.9 Å². The van der Waals surface area contributed by atoms with Crippen molar-refractivity contribution in [2.75, 3.05) is 13.2 Å². The largest absolute Gasteiger partial charge is 0.464 e. The van der Waals surface area contributed by atoms with Crippen LogP contribution in [-0.2, 0) is 19.1 Å². The third kappa shape index (κ3) is 4.01. The minimum Gasteiger partial charge on any atom is -0.464 e. The average molecular weight is 377 g/mol. The zero-order chi connectivity index (χ0) is 18.3. The highest BCUT2D eigenvalue weighted by atomic mass is 35.5. The van der Waals surface area contributed by atoms with Crippen LogP contribution in [0.15, 0.2) is 28.8 Å². The normalized spacial score (nSPS) is 11.8. The number of nitrogens with zero attached hydrogens (tertiary/aromatic N) is 2. The minimum absolute atomic E-state index is 0.0392. The van der Waals surface area contributed by atoms with Crippen LogP contribution >= 0.6 is 23.4 Å². The SMILES string of the molecule is CCOC(=O)C(Cl)(C(=O)OCC)/C(=N/Cl)c1ccc([N+](=O)[O-])cc1. The third-order valence-electron chi connectivity index (χ3n) is 2.88. The van der Waals surface area contributed by atoms with Crippen molar-refractivity contribution in [3.63, 3.8) is 0 Å². The number of non-ortho nitro benzene ring substituents is 1. The van der Waals surface area contributed by atoms with E-state index in [1.54, 1.807) is 0 Å².